The van der Waals surface area contributed by atoms with Crippen molar-refractivity contribution in [1.82, 2.24) is 15.0 Å². The maximum absolute atomic E-state index is 12.4. The number of anilines is 1. The van der Waals surface area contributed by atoms with E-state index in [4.69, 9.17) is 5.73 Å². The first kappa shape index (κ1) is 12.6. The highest BCUT2D eigenvalue weighted by Gasteiger charge is 2.40. The first-order chi connectivity index (χ1) is 7.42. The SMILES string of the molecule is Nc1ncnc(COCC(F)(F)C(F)F)n1. The molecule has 0 bridgehead atoms. The average molecular weight is 240 g/mol. The molecule has 0 aliphatic rings. The number of rotatable bonds is 5. The molecular weight excluding hydrogens is 232 g/mol. The van der Waals surface area contributed by atoms with Gasteiger partial charge in [-0.25, -0.2) is 18.7 Å². The molecule has 0 radical (unpaired) electrons. The second-order valence-corrected chi connectivity index (χ2v) is 2.81. The molecule has 0 aromatic carbocycles. The summed E-state index contributed by atoms with van der Waals surface area (Å²) >= 11 is 0. The Kier molecular flexibility index (Phi) is 3.93. The molecule has 16 heavy (non-hydrogen) atoms. The molecule has 2 N–H and O–H groups in total. The predicted molar refractivity (Wildman–Crippen MR) is 44.8 cm³/mol. The molecule has 0 amide bonds. The fourth-order valence-corrected chi connectivity index (χ4v) is 0.756. The van der Waals surface area contributed by atoms with Crippen molar-refractivity contribution in [3.05, 3.63) is 12.2 Å². The van der Waals surface area contributed by atoms with Crippen LogP contribution in [0.5, 0.6) is 0 Å². The molecule has 90 valence electrons. The Bertz CT molecular complexity index is 349. The van der Waals surface area contributed by atoms with Crippen LogP contribution in [-0.4, -0.2) is 33.9 Å². The standard InChI is InChI=1S/C7H8F4N4O/c8-5(9)7(10,11)2-16-1-4-13-3-14-6(12)15-4/h3,5H,1-2H2,(H2,12,13,14,15). The van der Waals surface area contributed by atoms with Crippen molar-refractivity contribution in [2.24, 2.45) is 0 Å². The molecule has 0 saturated heterocycles. The van der Waals surface area contributed by atoms with E-state index in [-0.39, 0.29) is 11.8 Å². The molecule has 0 unspecified atom stereocenters. The van der Waals surface area contributed by atoms with Crippen LogP contribution in [0.4, 0.5) is 23.5 Å². The number of nitrogens with two attached hydrogens (primary N) is 1. The van der Waals surface area contributed by atoms with E-state index in [1.807, 2.05) is 0 Å². The van der Waals surface area contributed by atoms with Crippen LogP contribution in [0.25, 0.3) is 0 Å². The molecule has 1 aromatic heterocycles. The number of halogens is 4. The summed E-state index contributed by atoms with van der Waals surface area (Å²) in [5.74, 6) is -4.29. The van der Waals surface area contributed by atoms with Gasteiger partial charge in [-0.3, -0.25) is 0 Å². The second kappa shape index (κ2) is 5.01. The Morgan fingerprint density at radius 3 is 2.62 bits per heavy atom. The van der Waals surface area contributed by atoms with E-state index in [9.17, 15) is 17.6 Å². The van der Waals surface area contributed by atoms with Crippen LogP contribution >= 0.6 is 0 Å². The van der Waals surface area contributed by atoms with E-state index in [0.29, 0.717) is 0 Å². The molecule has 1 aromatic rings. The van der Waals surface area contributed by atoms with E-state index in [1.165, 1.54) is 0 Å². The molecule has 1 heterocycles. The zero-order chi connectivity index (χ0) is 12.2. The molecule has 5 nitrogen and oxygen atoms in total. The van der Waals surface area contributed by atoms with Gasteiger partial charge in [0.2, 0.25) is 5.95 Å². The monoisotopic (exact) mass is 240 g/mol. The molecule has 0 aliphatic heterocycles. The Hall–Kier alpha value is -1.51. The summed E-state index contributed by atoms with van der Waals surface area (Å²) in [4.78, 5) is 10.5. The molecular formula is C7H8F4N4O. The van der Waals surface area contributed by atoms with Crippen molar-refractivity contribution in [2.75, 3.05) is 12.3 Å². The molecule has 0 aliphatic carbocycles. The summed E-state index contributed by atoms with van der Waals surface area (Å²) in [5.41, 5.74) is 5.18. The number of nitrogen functional groups attached to an aromatic ring is 1. The third-order valence-corrected chi connectivity index (χ3v) is 1.49. The van der Waals surface area contributed by atoms with Gasteiger partial charge in [0.1, 0.15) is 19.5 Å². The van der Waals surface area contributed by atoms with Gasteiger partial charge in [-0.05, 0) is 0 Å². The zero-order valence-corrected chi connectivity index (χ0v) is 7.91. The Labute approximate surface area is 87.7 Å². The summed E-state index contributed by atoms with van der Waals surface area (Å²) in [5, 5.41) is 0. The maximum Gasteiger partial charge on any atom is 0.330 e. The lowest BCUT2D eigenvalue weighted by molar-refractivity contribution is -0.168. The highest BCUT2D eigenvalue weighted by atomic mass is 19.3. The summed E-state index contributed by atoms with van der Waals surface area (Å²) in [6.07, 6.45) is -2.71. The summed E-state index contributed by atoms with van der Waals surface area (Å²) in [6, 6.07) is 0. The van der Waals surface area contributed by atoms with E-state index < -0.39 is 25.6 Å². The van der Waals surface area contributed by atoms with Crippen LogP contribution in [-0.2, 0) is 11.3 Å². The molecule has 9 heteroatoms. The van der Waals surface area contributed by atoms with Gasteiger partial charge < -0.3 is 10.5 Å². The minimum atomic E-state index is -4.18. The van der Waals surface area contributed by atoms with E-state index in [2.05, 4.69) is 19.7 Å². The van der Waals surface area contributed by atoms with Crippen molar-refractivity contribution in [1.29, 1.82) is 0 Å². The van der Waals surface area contributed by atoms with Crippen molar-refractivity contribution < 1.29 is 22.3 Å². The summed E-state index contributed by atoms with van der Waals surface area (Å²) in [7, 11) is 0. The Morgan fingerprint density at radius 2 is 2.06 bits per heavy atom. The van der Waals surface area contributed by atoms with Crippen molar-refractivity contribution >= 4 is 5.95 Å². The number of ether oxygens (including phenoxy) is 1. The minimum Gasteiger partial charge on any atom is -0.368 e. The molecule has 0 saturated carbocycles. The van der Waals surface area contributed by atoms with Gasteiger partial charge in [0, 0.05) is 0 Å². The molecule has 0 atom stereocenters. The van der Waals surface area contributed by atoms with Crippen LogP contribution in [0.15, 0.2) is 6.33 Å². The number of hydrogen-bond donors (Lipinski definition) is 1. The first-order valence-electron chi connectivity index (χ1n) is 4.09. The fraction of sp³-hybridized carbons (Fsp3) is 0.571. The van der Waals surface area contributed by atoms with E-state index >= 15 is 0 Å². The summed E-state index contributed by atoms with van der Waals surface area (Å²) in [6.45, 7) is -1.84. The topological polar surface area (TPSA) is 73.9 Å². The largest absolute Gasteiger partial charge is 0.368 e. The zero-order valence-electron chi connectivity index (χ0n) is 7.91. The maximum atomic E-state index is 12.4. The average Bonchev–Trinajstić information content (AvgIpc) is 2.17. The second-order valence-electron chi connectivity index (χ2n) is 2.81. The Morgan fingerprint density at radius 1 is 1.38 bits per heavy atom. The van der Waals surface area contributed by atoms with E-state index in [1.54, 1.807) is 0 Å². The molecule has 0 fully saturated rings. The van der Waals surface area contributed by atoms with Gasteiger partial charge in [-0.2, -0.15) is 13.8 Å². The number of hydrogen-bond acceptors (Lipinski definition) is 5. The number of nitrogens with zero attached hydrogens (tertiary/aromatic N) is 3. The quantitative estimate of drug-likeness (QED) is 0.773. The molecule has 1 rings (SSSR count). The van der Waals surface area contributed by atoms with Gasteiger partial charge in [0.25, 0.3) is 0 Å². The van der Waals surface area contributed by atoms with Crippen LogP contribution in [0, 0.1) is 0 Å². The van der Waals surface area contributed by atoms with Crippen LogP contribution in [0.2, 0.25) is 0 Å². The first-order valence-corrected chi connectivity index (χ1v) is 4.09. The predicted octanol–water partition coefficient (Wildman–Crippen LogP) is 0.871. The normalized spacial score (nSPS) is 12.1. The van der Waals surface area contributed by atoms with Crippen LogP contribution in [0.3, 0.4) is 0 Å². The Balaban J connectivity index is 2.42. The van der Waals surface area contributed by atoms with E-state index in [0.717, 1.165) is 6.33 Å². The van der Waals surface area contributed by atoms with Crippen molar-refractivity contribution in [3.8, 4) is 0 Å². The van der Waals surface area contributed by atoms with Gasteiger partial charge in [-0.15, -0.1) is 0 Å². The number of aromatic nitrogens is 3. The highest BCUT2D eigenvalue weighted by molar-refractivity contribution is 5.11. The van der Waals surface area contributed by atoms with Crippen LogP contribution < -0.4 is 5.73 Å². The van der Waals surface area contributed by atoms with Gasteiger partial charge in [0.15, 0.2) is 5.82 Å². The smallest absolute Gasteiger partial charge is 0.330 e. The lowest BCUT2D eigenvalue weighted by Gasteiger charge is -2.14. The van der Waals surface area contributed by atoms with Crippen molar-refractivity contribution in [2.45, 2.75) is 19.0 Å². The minimum absolute atomic E-state index is 0.00225. The third-order valence-electron chi connectivity index (χ3n) is 1.49. The van der Waals surface area contributed by atoms with Crippen molar-refractivity contribution in [3.63, 3.8) is 0 Å². The third kappa shape index (κ3) is 3.57. The van der Waals surface area contributed by atoms with Gasteiger partial charge >= 0.3 is 12.3 Å². The lowest BCUT2D eigenvalue weighted by atomic mass is 10.4. The highest BCUT2D eigenvalue weighted by Crippen LogP contribution is 2.23. The van der Waals surface area contributed by atoms with Gasteiger partial charge in [0.05, 0.1) is 0 Å². The summed E-state index contributed by atoms with van der Waals surface area (Å²) < 4.78 is 52.5. The van der Waals surface area contributed by atoms with Gasteiger partial charge in [-0.1, -0.05) is 0 Å². The molecule has 0 spiro atoms. The fourth-order valence-electron chi connectivity index (χ4n) is 0.756. The number of alkyl halides is 4. The lowest BCUT2D eigenvalue weighted by Crippen LogP contribution is -2.32. The van der Waals surface area contributed by atoms with Crippen LogP contribution in [0.1, 0.15) is 5.82 Å².